The van der Waals surface area contributed by atoms with Crippen LogP contribution in [-0.2, 0) is 16.1 Å². The molecule has 0 fully saturated rings. The van der Waals surface area contributed by atoms with Crippen LogP contribution in [0.3, 0.4) is 0 Å². The molecule has 1 rings (SSSR count). The number of methoxy groups -OCH3 is 1. The van der Waals surface area contributed by atoms with Gasteiger partial charge in [0.2, 0.25) is 0 Å². The SMILES string of the molecule is COC(=O)C(C)(O)Cn1cnc(C)cc1=O. The topological polar surface area (TPSA) is 81.4 Å². The summed E-state index contributed by atoms with van der Waals surface area (Å²) in [7, 11) is 1.17. The van der Waals surface area contributed by atoms with Crippen LogP contribution < -0.4 is 5.56 Å². The highest BCUT2D eigenvalue weighted by molar-refractivity contribution is 5.78. The summed E-state index contributed by atoms with van der Waals surface area (Å²) in [5, 5.41) is 9.77. The summed E-state index contributed by atoms with van der Waals surface area (Å²) >= 11 is 0. The van der Waals surface area contributed by atoms with Gasteiger partial charge in [-0.15, -0.1) is 0 Å². The van der Waals surface area contributed by atoms with Crippen LogP contribution in [0.1, 0.15) is 12.6 Å². The second kappa shape index (κ2) is 4.44. The summed E-state index contributed by atoms with van der Waals surface area (Å²) in [6.07, 6.45) is 1.29. The molecule has 1 N–H and O–H groups in total. The molecule has 0 aromatic carbocycles. The largest absolute Gasteiger partial charge is 0.467 e. The van der Waals surface area contributed by atoms with E-state index in [9.17, 15) is 14.7 Å². The van der Waals surface area contributed by atoms with Gasteiger partial charge in [0.05, 0.1) is 20.0 Å². The summed E-state index contributed by atoms with van der Waals surface area (Å²) < 4.78 is 5.58. The Morgan fingerprint density at radius 1 is 1.69 bits per heavy atom. The van der Waals surface area contributed by atoms with Crippen LogP contribution in [-0.4, -0.2) is 33.3 Å². The fourth-order valence-corrected chi connectivity index (χ4v) is 1.25. The quantitative estimate of drug-likeness (QED) is 0.701. The van der Waals surface area contributed by atoms with Crippen molar-refractivity contribution in [2.45, 2.75) is 26.0 Å². The number of nitrogens with zero attached hydrogens (tertiary/aromatic N) is 2. The van der Waals surface area contributed by atoms with Gasteiger partial charge in [0.1, 0.15) is 0 Å². The highest BCUT2D eigenvalue weighted by atomic mass is 16.5. The third kappa shape index (κ3) is 2.66. The van der Waals surface area contributed by atoms with Gasteiger partial charge in [0.15, 0.2) is 5.60 Å². The van der Waals surface area contributed by atoms with E-state index in [4.69, 9.17) is 0 Å². The van der Waals surface area contributed by atoms with Crippen LogP contribution in [0.5, 0.6) is 0 Å². The molecule has 6 heteroatoms. The van der Waals surface area contributed by atoms with E-state index in [1.165, 1.54) is 26.4 Å². The van der Waals surface area contributed by atoms with Crippen molar-refractivity contribution in [1.29, 1.82) is 0 Å². The molecule has 1 aromatic heterocycles. The Bertz CT molecular complexity index is 450. The lowest BCUT2D eigenvalue weighted by atomic mass is 10.1. The molecule has 6 nitrogen and oxygen atoms in total. The monoisotopic (exact) mass is 226 g/mol. The van der Waals surface area contributed by atoms with Crippen LogP contribution in [0.4, 0.5) is 0 Å². The van der Waals surface area contributed by atoms with Gasteiger partial charge in [-0.05, 0) is 13.8 Å². The molecule has 0 bridgehead atoms. The van der Waals surface area contributed by atoms with E-state index in [0.29, 0.717) is 5.69 Å². The zero-order valence-electron chi connectivity index (χ0n) is 9.43. The van der Waals surface area contributed by atoms with Crippen molar-refractivity contribution in [3.63, 3.8) is 0 Å². The maximum atomic E-state index is 11.5. The summed E-state index contributed by atoms with van der Waals surface area (Å²) in [6, 6.07) is 1.33. The van der Waals surface area contributed by atoms with Crippen LogP contribution >= 0.6 is 0 Å². The Morgan fingerprint density at radius 2 is 2.31 bits per heavy atom. The van der Waals surface area contributed by atoms with Gasteiger partial charge in [0, 0.05) is 11.8 Å². The highest BCUT2D eigenvalue weighted by Crippen LogP contribution is 2.07. The Balaban J connectivity index is 2.97. The molecule has 0 spiro atoms. The normalized spacial score (nSPS) is 14.2. The van der Waals surface area contributed by atoms with Crippen molar-refractivity contribution in [2.24, 2.45) is 0 Å². The second-order valence-corrected chi connectivity index (χ2v) is 3.76. The zero-order chi connectivity index (χ0) is 12.3. The molecule has 1 unspecified atom stereocenters. The molecule has 88 valence electrons. The minimum atomic E-state index is -1.74. The van der Waals surface area contributed by atoms with Gasteiger partial charge in [-0.1, -0.05) is 0 Å². The maximum absolute atomic E-state index is 11.5. The summed E-state index contributed by atoms with van der Waals surface area (Å²) in [5.74, 6) is -0.792. The van der Waals surface area contributed by atoms with Gasteiger partial charge in [-0.2, -0.15) is 0 Å². The Kier molecular flexibility index (Phi) is 3.44. The molecule has 0 radical (unpaired) electrons. The van der Waals surface area contributed by atoms with Gasteiger partial charge in [-0.3, -0.25) is 9.36 Å². The number of hydrogen-bond acceptors (Lipinski definition) is 5. The fraction of sp³-hybridized carbons (Fsp3) is 0.500. The first-order valence-electron chi connectivity index (χ1n) is 4.70. The molecule has 16 heavy (non-hydrogen) atoms. The lowest BCUT2D eigenvalue weighted by Crippen LogP contribution is -2.43. The van der Waals surface area contributed by atoms with Gasteiger partial charge >= 0.3 is 5.97 Å². The van der Waals surface area contributed by atoms with Crippen molar-refractivity contribution in [2.75, 3.05) is 7.11 Å². The molecule has 0 saturated carbocycles. The lowest BCUT2D eigenvalue weighted by Gasteiger charge is -2.20. The van der Waals surface area contributed by atoms with Crippen LogP contribution in [0.15, 0.2) is 17.2 Å². The first kappa shape index (κ1) is 12.4. The van der Waals surface area contributed by atoms with Crippen LogP contribution in [0.2, 0.25) is 0 Å². The Labute approximate surface area is 92.5 Å². The van der Waals surface area contributed by atoms with Crippen LogP contribution in [0.25, 0.3) is 0 Å². The summed E-state index contributed by atoms with van der Waals surface area (Å²) in [5.41, 5.74) is -1.48. The molecule has 0 saturated heterocycles. The molecule has 0 amide bonds. The van der Waals surface area contributed by atoms with E-state index >= 15 is 0 Å². The third-order valence-corrected chi connectivity index (χ3v) is 2.12. The predicted molar refractivity (Wildman–Crippen MR) is 55.9 cm³/mol. The first-order chi connectivity index (χ1) is 7.36. The smallest absolute Gasteiger partial charge is 0.339 e. The van der Waals surface area contributed by atoms with E-state index in [1.807, 2.05) is 0 Å². The van der Waals surface area contributed by atoms with Crippen molar-refractivity contribution in [3.05, 3.63) is 28.4 Å². The number of carbonyl (C=O) groups excluding carboxylic acids is 1. The molecule has 0 aliphatic rings. The molecule has 1 heterocycles. The number of hydrogen-bond donors (Lipinski definition) is 1. The van der Waals surface area contributed by atoms with Gasteiger partial charge in [-0.25, -0.2) is 9.78 Å². The van der Waals surface area contributed by atoms with E-state index in [1.54, 1.807) is 6.92 Å². The summed E-state index contributed by atoms with van der Waals surface area (Å²) in [6.45, 7) is 2.78. The fourth-order valence-electron chi connectivity index (χ4n) is 1.25. The number of aliphatic hydroxyl groups is 1. The van der Waals surface area contributed by atoms with E-state index in [0.717, 1.165) is 4.57 Å². The molecular formula is C10H14N2O4. The number of aromatic nitrogens is 2. The molecule has 0 aliphatic carbocycles. The Morgan fingerprint density at radius 3 is 2.81 bits per heavy atom. The van der Waals surface area contributed by atoms with Crippen molar-refractivity contribution in [3.8, 4) is 0 Å². The number of esters is 1. The zero-order valence-corrected chi connectivity index (χ0v) is 9.43. The number of aryl methyl sites for hydroxylation is 1. The second-order valence-electron chi connectivity index (χ2n) is 3.76. The van der Waals surface area contributed by atoms with E-state index in [2.05, 4.69) is 9.72 Å². The lowest BCUT2D eigenvalue weighted by molar-refractivity contribution is -0.161. The first-order valence-corrected chi connectivity index (χ1v) is 4.70. The number of ether oxygens (including phenoxy) is 1. The van der Waals surface area contributed by atoms with Gasteiger partial charge < -0.3 is 9.84 Å². The minimum Gasteiger partial charge on any atom is -0.467 e. The summed E-state index contributed by atoms with van der Waals surface area (Å²) in [4.78, 5) is 26.6. The van der Waals surface area contributed by atoms with Crippen molar-refractivity contribution in [1.82, 2.24) is 9.55 Å². The molecule has 1 atom stereocenters. The average Bonchev–Trinajstić information content (AvgIpc) is 2.21. The van der Waals surface area contributed by atoms with Crippen LogP contribution in [0, 0.1) is 6.92 Å². The molecule has 0 aliphatic heterocycles. The maximum Gasteiger partial charge on any atom is 0.339 e. The molecule has 1 aromatic rings. The number of carbonyl (C=O) groups is 1. The predicted octanol–water partition coefficient (Wildman–Crippen LogP) is -0.524. The Hall–Kier alpha value is -1.69. The average molecular weight is 226 g/mol. The van der Waals surface area contributed by atoms with Gasteiger partial charge in [0.25, 0.3) is 5.56 Å². The van der Waals surface area contributed by atoms with E-state index in [-0.39, 0.29) is 12.1 Å². The van der Waals surface area contributed by atoms with Crippen molar-refractivity contribution < 1.29 is 14.6 Å². The van der Waals surface area contributed by atoms with Crippen molar-refractivity contribution >= 4 is 5.97 Å². The number of rotatable bonds is 3. The van der Waals surface area contributed by atoms with E-state index < -0.39 is 11.6 Å². The highest BCUT2D eigenvalue weighted by Gasteiger charge is 2.32. The standard InChI is InChI=1S/C10H14N2O4/c1-7-4-8(13)12(6-11-7)5-10(2,15)9(14)16-3/h4,6,15H,5H2,1-3H3. The minimum absolute atomic E-state index is 0.189. The third-order valence-electron chi connectivity index (χ3n) is 2.12. The molecular weight excluding hydrogens is 212 g/mol.